The molecule has 1 N–H and O–H groups in total. The Morgan fingerprint density at radius 3 is 2.83 bits per heavy atom. The average Bonchev–Trinajstić information content (AvgIpc) is 2.82. The number of nitrogens with zero attached hydrogens (tertiary/aromatic N) is 1. The molecule has 0 spiro atoms. The van der Waals surface area contributed by atoms with Gasteiger partial charge < -0.3 is 9.73 Å². The first-order chi connectivity index (χ1) is 8.83. The van der Waals surface area contributed by atoms with Crippen molar-refractivity contribution in [3.05, 3.63) is 58.2 Å². The van der Waals surface area contributed by atoms with E-state index >= 15 is 0 Å². The van der Waals surface area contributed by atoms with Gasteiger partial charge in [0.15, 0.2) is 3.77 Å². The summed E-state index contributed by atoms with van der Waals surface area (Å²) < 4.78 is 6.42. The van der Waals surface area contributed by atoms with E-state index in [1.807, 2.05) is 36.5 Å². The molecule has 0 aliphatic heterocycles. The molecule has 2 heterocycles. The SMILES string of the molecule is Ic1ccc(CNc2cccc3cccnc23)o1. The van der Waals surface area contributed by atoms with Gasteiger partial charge in [-0.15, -0.1) is 0 Å². The van der Waals surface area contributed by atoms with Crippen molar-refractivity contribution in [2.45, 2.75) is 6.54 Å². The predicted molar refractivity (Wildman–Crippen MR) is 80.5 cm³/mol. The highest BCUT2D eigenvalue weighted by Gasteiger charge is 2.03. The van der Waals surface area contributed by atoms with Gasteiger partial charge in [-0.2, -0.15) is 0 Å². The van der Waals surface area contributed by atoms with E-state index in [0.717, 1.165) is 26.1 Å². The summed E-state index contributed by atoms with van der Waals surface area (Å²) in [5.41, 5.74) is 2.01. The number of hydrogen-bond donors (Lipinski definition) is 1. The largest absolute Gasteiger partial charge is 0.454 e. The first-order valence-electron chi connectivity index (χ1n) is 5.65. The highest BCUT2D eigenvalue weighted by molar-refractivity contribution is 14.1. The van der Waals surface area contributed by atoms with Crippen molar-refractivity contribution in [1.29, 1.82) is 0 Å². The van der Waals surface area contributed by atoms with E-state index in [2.05, 4.69) is 45.0 Å². The molecule has 4 heteroatoms. The Labute approximate surface area is 118 Å². The summed E-state index contributed by atoms with van der Waals surface area (Å²) in [6, 6.07) is 14.1. The third-order valence-electron chi connectivity index (χ3n) is 2.71. The molecule has 1 aromatic carbocycles. The van der Waals surface area contributed by atoms with E-state index in [4.69, 9.17) is 4.42 Å². The molecule has 3 rings (SSSR count). The van der Waals surface area contributed by atoms with Crippen molar-refractivity contribution >= 4 is 39.2 Å². The van der Waals surface area contributed by atoms with Gasteiger partial charge in [0.2, 0.25) is 0 Å². The minimum absolute atomic E-state index is 0.665. The number of hydrogen-bond acceptors (Lipinski definition) is 3. The lowest BCUT2D eigenvalue weighted by Gasteiger charge is -2.07. The van der Waals surface area contributed by atoms with Crippen LogP contribution in [0.2, 0.25) is 0 Å². The van der Waals surface area contributed by atoms with Crippen molar-refractivity contribution in [3.63, 3.8) is 0 Å². The summed E-state index contributed by atoms with van der Waals surface area (Å²) in [5.74, 6) is 0.923. The molecule has 0 bridgehead atoms. The second-order valence-electron chi connectivity index (χ2n) is 3.94. The topological polar surface area (TPSA) is 38.1 Å². The van der Waals surface area contributed by atoms with Crippen molar-refractivity contribution in [1.82, 2.24) is 4.98 Å². The maximum atomic E-state index is 5.52. The Balaban J connectivity index is 1.86. The highest BCUT2D eigenvalue weighted by atomic mass is 127. The Morgan fingerprint density at radius 2 is 2.00 bits per heavy atom. The van der Waals surface area contributed by atoms with Gasteiger partial charge in [0.05, 0.1) is 17.7 Å². The lowest BCUT2D eigenvalue weighted by atomic mass is 10.2. The zero-order valence-electron chi connectivity index (χ0n) is 9.56. The number of halogens is 1. The number of furan rings is 1. The third-order valence-corrected chi connectivity index (χ3v) is 3.29. The van der Waals surface area contributed by atoms with E-state index in [-0.39, 0.29) is 0 Å². The Morgan fingerprint density at radius 1 is 1.11 bits per heavy atom. The maximum Gasteiger partial charge on any atom is 0.164 e. The molecule has 0 atom stereocenters. The molecule has 0 unspecified atom stereocenters. The zero-order valence-corrected chi connectivity index (χ0v) is 11.7. The molecule has 0 aliphatic rings. The van der Waals surface area contributed by atoms with Crippen LogP contribution in [-0.2, 0) is 6.54 Å². The van der Waals surface area contributed by atoms with Gasteiger partial charge in [-0.1, -0.05) is 18.2 Å². The minimum Gasteiger partial charge on any atom is -0.454 e. The number of pyridine rings is 1. The average molecular weight is 350 g/mol. The fourth-order valence-corrected chi connectivity index (χ4v) is 2.34. The maximum absolute atomic E-state index is 5.52. The van der Waals surface area contributed by atoms with E-state index in [1.165, 1.54) is 0 Å². The van der Waals surface area contributed by atoms with Gasteiger partial charge in [0.25, 0.3) is 0 Å². The van der Waals surface area contributed by atoms with Gasteiger partial charge in [0, 0.05) is 11.6 Å². The summed E-state index contributed by atoms with van der Waals surface area (Å²) >= 11 is 2.16. The van der Waals surface area contributed by atoms with E-state index in [0.29, 0.717) is 6.54 Å². The molecule has 0 aliphatic carbocycles. The standard InChI is InChI=1S/C14H11IN2O/c15-13-7-6-11(18-13)9-17-12-5-1-3-10-4-2-8-16-14(10)12/h1-8,17H,9H2. The summed E-state index contributed by atoms with van der Waals surface area (Å²) in [4.78, 5) is 4.40. The molecule has 0 amide bonds. The monoisotopic (exact) mass is 350 g/mol. The number of para-hydroxylation sites is 1. The number of benzene rings is 1. The molecule has 18 heavy (non-hydrogen) atoms. The van der Waals surface area contributed by atoms with Gasteiger partial charge in [-0.05, 0) is 46.9 Å². The first kappa shape index (κ1) is 11.5. The van der Waals surface area contributed by atoms with Crippen LogP contribution in [0.15, 0.2) is 53.1 Å². The molecule has 3 aromatic rings. The molecule has 2 aromatic heterocycles. The van der Waals surface area contributed by atoms with Crippen LogP contribution in [0, 0.1) is 3.77 Å². The van der Waals surface area contributed by atoms with Gasteiger partial charge in [-0.3, -0.25) is 4.98 Å². The second kappa shape index (κ2) is 4.97. The van der Waals surface area contributed by atoms with Crippen molar-refractivity contribution < 1.29 is 4.42 Å². The molecule has 0 radical (unpaired) electrons. The van der Waals surface area contributed by atoms with Gasteiger partial charge >= 0.3 is 0 Å². The summed E-state index contributed by atoms with van der Waals surface area (Å²) in [5, 5.41) is 4.49. The molecule has 0 fully saturated rings. The van der Waals surface area contributed by atoms with Crippen LogP contribution in [0.4, 0.5) is 5.69 Å². The van der Waals surface area contributed by atoms with Gasteiger partial charge in [-0.25, -0.2) is 0 Å². The van der Waals surface area contributed by atoms with Crippen molar-refractivity contribution in [2.24, 2.45) is 0 Å². The zero-order chi connectivity index (χ0) is 12.4. The van der Waals surface area contributed by atoms with Crippen LogP contribution in [0.3, 0.4) is 0 Å². The van der Waals surface area contributed by atoms with Crippen molar-refractivity contribution in [2.75, 3.05) is 5.32 Å². The number of nitrogens with one attached hydrogen (secondary N) is 1. The summed E-state index contributed by atoms with van der Waals surface area (Å²) in [7, 11) is 0. The van der Waals surface area contributed by atoms with Crippen LogP contribution >= 0.6 is 22.6 Å². The normalized spacial score (nSPS) is 10.7. The van der Waals surface area contributed by atoms with Gasteiger partial charge in [0.1, 0.15) is 5.76 Å². The Kier molecular flexibility index (Phi) is 3.19. The molecular formula is C14H11IN2O. The molecule has 0 saturated heterocycles. The fourth-order valence-electron chi connectivity index (χ4n) is 1.88. The van der Waals surface area contributed by atoms with Crippen LogP contribution < -0.4 is 5.32 Å². The first-order valence-corrected chi connectivity index (χ1v) is 6.72. The minimum atomic E-state index is 0.665. The molecule has 3 nitrogen and oxygen atoms in total. The van der Waals surface area contributed by atoms with E-state index in [9.17, 15) is 0 Å². The number of rotatable bonds is 3. The van der Waals surface area contributed by atoms with Crippen LogP contribution in [0.25, 0.3) is 10.9 Å². The molecule has 0 saturated carbocycles. The van der Waals surface area contributed by atoms with Crippen LogP contribution in [-0.4, -0.2) is 4.98 Å². The smallest absolute Gasteiger partial charge is 0.164 e. The second-order valence-corrected chi connectivity index (χ2v) is 5.00. The summed E-state index contributed by atoms with van der Waals surface area (Å²) in [6.45, 7) is 0.665. The van der Waals surface area contributed by atoms with E-state index < -0.39 is 0 Å². The van der Waals surface area contributed by atoms with E-state index in [1.54, 1.807) is 0 Å². The lowest BCUT2D eigenvalue weighted by molar-refractivity contribution is 0.493. The molecule has 90 valence electrons. The highest BCUT2D eigenvalue weighted by Crippen LogP contribution is 2.21. The number of fused-ring (bicyclic) bond motifs is 1. The fraction of sp³-hybridized carbons (Fsp3) is 0.0714. The summed E-state index contributed by atoms with van der Waals surface area (Å²) in [6.07, 6.45) is 1.81. The van der Waals surface area contributed by atoms with Crippen LogP contribution in [0.5, 0.6) is 0 Å². The third kappa shape index (κ3) is 2.33. The van der Waals surface area contributed by atoms with Crippen LogP contribution in [0.1, 0.15) is 5.76 Å². The Hall–Kier alpha value is -1.56. The lowest BCUT2D eigenvalue weighted by Crippen LogP contribution is -1.99. The predicted octanol–water partition coefficient (Wildman–Crippen LogP) is 4.04. The Bertz CT molecular complexity index is 673. The quantitative estimate of drug-likeness (QED) is 0.725. The van der Waals surface area contributed by atoms with Crippen molar-refractivity contribution in [3.8, 4) is 0 Å². The molecular weight excluding hydrogens is 339 g/mol. The number of aromatic nitrogens is 1. The number of anilines is 1.